The van der Waals surface area contributed by atoms with E-state index >= 15 is 0 Å². The van der Waals surface area contributed by atoms with Gasteiger partial charge < -0.3 is 20.9 Å². The van der Waals surface area contributed by atoms with Gasteiger partial charge in [-0.2, -0.15) is 5.26 Å². The van der Waals surface area contributed by atoms with E-state index in [-0.39, 0.29) is 24.0 Å². The molecule has 1 aliphatic carbocycles. The average Bonchev–Trinajstić information content (AvgIpc) is 3.65. The fraction of sp³-hybridized carbons (Fsp3) is 0.371. The van der Waals surface area contributed by atoms with Crippen LogP contribution in [0.15, 0.2) is 79.5 Å². The second-order valence-corrected chi connectivity index (χ2v) is 12.2. The third-order valence-electron chi connectivity index (χ3n) is 9.34. The molecule has 2 bridgehead atoms. The number of nitrogens with zero attached hydrogens (tertiary/aromatic N) is 5. The number of anilines is 4. The molecule has 10 nitrogen and oxygen atoms in total. The van der Waals surface area contributed by atoms with Crippen LogP contribution in [0.2, 0.25) is 0 Å². The summed E-state index contributed by atoms with van der Waals surface area (Å²) in [6.45, 7) is 5.97. The maximum Gasteiger partial charge on any atom is 0.322 e. The number of hydrogen-bond acceptors (Lipinski definition) is 7. The van der Waals surface area contributed by atoms with Crippen molar-refractivity contribution in [3.63, 3.8) is 0 Å². The largest absolute Gasteiger partial charge is 0.367 e. The van der Waals surface area contributed by atoms with Gasteiger partial charge in [0.1, 0.15) is 11.9 Å². The highest BCUT2D eigenvalue weighted by atomic mass is 16.2. The van der Waals surface area contributed by atoms with Crippen molar-refractivity contribution in [1.29, 1.82) is 5.26 Å². The standard InChI is InChI=1S/C35H40N8O2/c1-3-34(44)40-31-18-28(14-15-32(31)42-23-29-17-30(42)22-41(29)2)43(35(45)38-20-24-7-5-4-6-8-24)27-12-10-26(11-13-27)39-33-16-9-25(19-36)21-37-33/h3-9,14-16,18,21,26-27,29-30H,1,10-13,17,20,22-23H2,2H3,(H,37,39)(H,38,45)(H,40,44)/t26?,27?,29-,30-/m1/s1. The lowest BCUT2D eigenvalue weighted by Gasteiger charge is -2.38. The highest BCUT2D eigenvalue weighted by molar-refractivity contribution is 6.02. The molecule has 3 fully saturated rings. The number of aromatic nitrogens is 1. The third kappa shape index (κ3) is 6.79. The molecule has 0 spiro atoms. The molecule has 3 amide bonds. The van der Waals surface area contributed by atoms with Gasteiger partial charge in [0.05, 0.1) is 16.9 Å². The summed E-state index contributed by atoms with van der Waals surface area (Å²) in [5, 5.41) is 18.7. The van der Waals surface area contributed by atoms with Crippen LogP contribution in [0.5, 0.6) is 0 Å². The van der Waals surface area contributed by atoms with E-state index in [9.17, 15) is 9.59 Å². The summed E-state index contributed by atoms with van der Waals surface area (Å²) >= 11 is 0. The predicted molar refractivity (Wildman–Crippen MR) is 177 cm³/mol. The van der Waals surface area contributed by atoms with E-state index in [4.69, 9.17) is 5.26 Å². The van der Waals surface area contributed by atoms with E-state index in [2.05, 4.69) is 56.5 Å². The van der Waals surface area contributed by atoms with Gasteiger partial charge in [-0.05, 0) is 81.1 Å². The molecule has 3 aliphatic rings. The van der Waals surface area contributed by atoms with Crippen molar-refractivity contribution in [1.82, 2.24) is 15.2 Å². The monoisotopic (exact) mass is 604 g/mol. The van der Waals surface area contributed by atoms with Gasteiger partial charge >= 0.3 is 6.03 Å². The van der Waals surface area contributed by atoms with Crippen LogP contribution in [0.25, 0.3) is 0 Å². The number of piperazine rings is 1. The summed E-state index contributed by atoms with van der Waals surface area (Å²) in [5.74, 6) is 0.466. The second kappa shape index (κ2) is 13.4. The molecular weight excluding hydrogens is 564 g/mol. The molecule has 0 unspecified atom stereocenters. The summed E-state index contributed by atoms with van der Waals surface area (Å²) in [5.41, 5.74) is 3.96. The van der Waals surface area contributed by atoms with Crippen molar-refractivity contribution >= 4 is 34.8 Å². The molecule has 232 valence electrons. The summed E-state index contributed by atoms with van der Waals surface area (Å²) in [4.78, 5) is 37.6. The van der Waals surface area contributed by atoms with E-state index in [0.29, 0.717) is 29.9 Å². The quantitative estimate of drug-likeness (QED) is 0.291. The molecule has 45 heavy (non-hydrogen) atoms. The number of fused-ring (bicyclic) bond motifs is 2. The average molecular weight is 605 g/mol. The Morgan fingerprint density at radius 2 is 1.87 bits per heavy atom. The molecular formula is C35H40N8O2. The minimum atomic E-state index is -0.280. The van der Waals surface area contributed by atoms with Gasteiger partial charge in [-0.1, -0.05) is 36.9 Å². The summed E-state index contributed by atoms with van der Waals surface area (Å²) in [6, 6.07) is 22.5. The van der Waals surface area contributed by atoms with Crippen molar-refractivity contribution in [3.8, 4) is 6.07 Å². The zero-order valence-corrected chi connectivity index (χ0v) is 25.7. The van der Waals surface area contributed by atoms with Gasteiger partial charge in [-0.15, -0.1) is 0 Å². The Bertz CT molecular complexity index is 1560. The van der Waals surface area contributed by atoms with Gasteiger partial charge in [-0.3, -0.25) is 14.6 Å². The number of hydrogen-bond donors (Lipinski definition) is 3. The molecule has 3 heterocycles. The number of urea groups is 1. The molecule has 6 rings (SSSR count). The Labute approximate surface area is 264 Å². The molecule has 10 heteroatoms. The molecule has 2 saturated heterocycles. The van der Waals surface area contributed by atoms with Crippen LogP contribution in [0.3, 0.4) is 0 Å². The zero-order chi connectivity index (χ0) is 31.3. The van der Waals surface area contributed by atoms with Gasteiger partial charge in [0.25, 0.3) is 0 Å². The van der Waals surface area contributed by atoms with Gasteiger partial charge in [0.15, 0.2) is 0 Å². The van der Waals surface area contributed by atoms with Crippen molar-refractivity contribution in [2.24, 2.45) is 0 Å². The van der Waals surface area contributed by atoms with E-state index in [0.717, 1.165) is 67.9 Å². The molecule has 0 radical (unpaired) electrons. The minimum absolute atomic E-state index is 0.0296. The van der Waals surface area contributed by atoms with E-state index in [1.807, 2.05) is 53.4 Å². The third-order valence-corrected chi connectivity index (χ3v) is 9.34. The molecule has 1 aromatic heterocycles. The first-order valence-corrected chi connectivity index (χ1v) is 15.7. The normalized spacial score (nSPS) is 22.4. The SMILES string of the molecule is C=CC(=O)Nc1cc(N(C(=O)NCc2ccccc2)C2CCC(Nc3ccc(C#N)cn3)CC2)ccc1N1C[C@H]2C[C@@H]1CN2C. The van der Waals surface area contributed by atoms with Crippen molar-refractivity contribution in [2.45, 2.75) is 62.8 Å². The van der Waals surface area contributed by atoms with Crippen LogP contribution in [0.1, 0.15) is 43.2 Å². The topological polar surface area (TPSA) is 117 Å². The first-order valence-electron chi connectivity index (χ1n) is 15.7. The summed E-state index contributed by atoms with van der Waals surface area (Å²) in [7, 11) is 2.17. The Balaban J connectivity index is 1.24. The number of pyridine rings is 1. The van der Waals surface area contributed by atoms with Crippen LogP contribution in [-0.4, -0.2) is 66.1 Å². The number of nitrogens with one attached hydrogen (secondary N) is 3. The smallest absolute Gasteiger partial charge is 0.322 e. The highest BCUT2D eigenvalue weighted by Crippen LogP contribution is 2.40. The van der Waals surface area contributed by atoms with Crippen LogP contribution in [0.4, 0.5) is 27.7 Å². The number of carbonyl (C=O) groups excluding carboxylic acids is 2. The number of benzene rings is 2. The van der Waals surface area contributed by atoms with Crippen molar-refractivity contribution in [3.05, 3.63) is 90.6 Å². The first-order chi connectivity index (χ1) is 21.9. The zero-order valence-electron chi connectivity index (χ0n) is 25.7. The number of amides is 3. The van der Waals surface area contributed by atoms with Gasteiger partial charge in [0.2, 0.25) is 5.91 Å². The van der Waals surface area contributed by atoms with Gasteiger partial charge in [0, 0.05) is 55.7 Å². The lowest BCUT2D eigenvalue weighted by molar-refractivity contribution is -0.111. The van der Waals surface area contributed by atoms with Crippen molar-refractivity contribution < 1.29 is 9.59 Å². The highest BCUT2D eigenvalue weighted by Gasteiger charge is 2.42. The maximum atomic E-state index is 14.0. The maximum absolute atomic E-state index is 14.0. The van der Waals surface area contributed by atoms with E-state index in [1.165, 1.54) is 6.08 Å². The lowest BCUT2D eigenvalue weighted by Crippen LogP contribution is -2.48. The van der Waals surface area contributed by atoms with E-state index in [1.54, 1.807) is 12.3 Å². The minimum Gasteiger partial charge on any atom is -0.367 e. The number of likely N-dealkylation sites (tertiary alicyclic amines) is 1. The lowest BCUT2D eigenvalue weighted by atomic mass is 9.89. The molecule has 2 aromatic carbocycles. The molecule has 2 aliphatic heterocycles. The van der Waals surface area contributed by atoms with Crippen LogP contribution in [0, 0.1) is 11.3 Å². The Kier molecular flexibility index (Phi) is 8.98. The first kappa shape index (κ1) is 30.2. The van der Waals surface area contributed by atoms with Gasteiger partial charge in [-0.25, -0.2) is 9.78 Å². The molecule has 2 atom stereocenters. The van der Waals surface area contributed by atoms with Crippen molar-refractivity contribution in [2.75, 3.05) is 40.6 Å². The number of carbonyl (C=O) groups is 2. The Hall–Kier alpha value is -4.88. The fourth-order valence-electron chi connectivity index (χ4n) is 6.95. The molecule has 1 saturated carbocycles. The van der Waals surface area contributed by atoms with Crippen LogP contribution >= 0.6 is 0 Å². The number of rotatable bonds is 9. The number of nitriles is 1. The summed E-state index contributed by atoms with van der Waals surface area (Å²) in [6.07, 6.45) is 7.27. The van der Waals surface area contributed by atoms with Crippen LogP contribution < -0.4 is 25.8 Å². The Morgan fingerprint density at radius 1 is 1.07 bits per heavy atom. The van der Waals surface area contributed by atoms with E-state index < -0.39 is 0 Å². The summed E-state index contributed by atoms with van der Waals surface area (Å²) < 4.78 is 0. The second-order valence-electron chi connectivity index (χ2n) is 12.2. The fourth-order valence-corrected chi connectivity index (χ4v) is 6.95. The predicted octanol–water partition coefficient (Wildman–Crippen LogP) is 5.11. The molecule has 3 aromatic rings. The molecule has 3 N–H and O–H groups in total. The number of likely N-dealkylation sites (N-methyl/N-ethyl adjacent to an activating group) is 1. The Morgan fingerprint density at radius 3 is 2.51 bits per heavy atom. The van der Waals surface area contributed by atoms with Crippen LogP contribution in [-0.2, 0) is 11.3 Å².